The highest BCUT2D eigenvalue weighted by Crippen LogP contribution is 2.22. The van der Waals surface area contributed by atoms with Crippen LogP contribution in [0.4, 0.5) is 5.69 Å². The third kappa shape index (κ3) is 5.73. The van der Waals surface area contributed by atoms with Crippen LogP contribution in [-0.2, 0) is 11.3 Å². The Morgan fingerprint density at radius 2 is 1.82 bits per heavy atom. The van der Waals surface area contributed by atoms with Crippen LogP contribution in [0.2, 0.25) is 0 Å². The van der Waals surface area contributed by atoms with Gasteiger partial charge in [0, 0.05) is 43.6 Å². The van der Waals surface area contributed by atoms with E-state index in [1.807, 2.05) is 12.1 Å². The molecular weight excluding hydrogens is 456 g/mol. The lowest BCUT2D eigenvalue weighted by atomic mass is 9.96. The zero-order valence-corrected chi connectivity index (χ0v) is 19.4. The van der Waals surface area contributed by atoms with Crippen molar-refractivity contribution in [3.8, 4) is 5.75 Å². The van der Waals surface area contributed by atoms with Crippen LogP contribution in [0.1, 0.15) is 38.0 Å². The van der Waals surface area contributed by atoms with Crippen molar-refractivity contribution >= 4 is 34.7 Å². The van der Waals surface area contributed by atoms with E-state index < -0.39 is 5.91 Å². The Kier molecular flexibility index (Phi) is 7.43. The lowest BCUT2D eigenvalue weighted by Gasteiger charge is -2.30. The number of rotatable bonds is 7. The Morgan fingerprint density at radius 1 is 1.09 bits per heavy atom. The second kappa shape index (κ2) is 10.8. The molecule has 2 N–H and O–H groups in total. The average molecular weight is 481 g/mol. The van der Waals surface area contributed by atoms with E-state index in [0.717, 1.165) is 16.9 Å². The maximum absolute atomic E-state index is 12.8. The number of aromatic nitrogens is 3. The number of nitrogens with one attached hydrogen (secondary N) is 2. The zero-order valence-electron chi connectivity index (χ0n) is 18.6. The first kappa shape index (κ1) is 23.3. The number of likely N-dealkylation sites (tertiary alicyclic amines) is 1. The number of methoxy groups -OCH3 is 1. The maximum Gasteiger partial charge on any atom is 0.286 e. The minimum atomic E-state index is -0.439. The summed E-state index contributed by atoms with van der Waals surface area (Å²) in [6.45, 7) is 1.31. The lowest BCUT2D eigenvalue weighted by Crippen LogP contribution is -2.42. The molecule has 0 radical (unpaired) electrons. The Bertz CT molecular complexity index is 1140. The van der Waals surface area contributed by atoms with Gasteiger partial charge in [-0.1, -0.05) is 17.4 Å². The number of amides is 3. The van der Waals surface area contributed by atoms with E-state index in [4.69, 9.17) is 4.74 Å². The molecular formula is C23H24N6O4S. The van der Waals surface area contributed by atoms with Gasteiger partial charge in [0.1, 0.15) is 5.75 Å². The predicted octanol–water partition coefficient (Wildman–Crippen LogP) is 2.36. The monoisotopic (exact) mass is 480 g/mol. The topological polar surface area (TPSA) is 126 Å². The number of carbonyl (C=O) groups is 3. The van der Waals surface area contributed by atoms with Gasteiger partial charge in [-0.05, 0) is 48.7 Å². The fourth-order valence-electron chi connectivity index (χ4n) is 3.58. The van der Waals surface area contributed by atoms with Crippen molar-refractivity contribution in [3.05, 3.63) is 64.4 Å². The second-order valence-corrected chi connectivity index (χ2v) is 8.72. The summed E-state index contributed by atoms with van der Waals surface area (Å²) in [5.74, 6) is -0.220. The van der Waals surface area contributed by atoms with Gasteiger partial charge < -0.3 is 20.3 Å². The normalized spacial score (nSPS) is 13.9. The van der Waals surface area contributed by atoms with Crippen LogP contribution in [0, 0.1) is 5.92 Å². The van der Waals surface area contributed by atoms with Gasteiger partial charge in [-0.25, -0.2) is 0 Å². The molecule has 10 nitrogen and oxygen atoms in total. The largest absolute Gasteiger partial charge is 0.497 e. The molecule has 1 aromatic carbocycles. The molecule has 2 aromatic heterocycles. The Balaban J connectivity index is 1.27. The van der Waals surface area contributed by atoms with Gasteiger partial charge in [-0.2, -0.15) is 0 Å². The van der Waals surface area contributed by atoms with Crippen molar-refractivity contribution in [2.75, 3.05) is 25.5 Å². The fraction of sp³-hybridized carbons (Fsp3) is 0.304. The van der Waals surface area contributed by atoms with E-state index in [1.165, 1.54) is 0 Å². The van der Waals surface area contributed by atoms with E-state index in [1.54, 1.807) is 48.7 Å². The molecule has 4 rings (SSSR count). The van der Waals surface area contributed by atoms with Gasteiger partial charge >= 0.3 is 0 Å². The van der Waals surface area contributed by atoms with Crippen LogP contribution in [0.25, 0.3) is 0 Å². The molecule has 34 heavy (non-hydrogen) atoms. The fourth-order valence-corrected chi connectivity index (χ4v) is 4.28. The highest BCUT2D eigenvalue weighted by atomic mass is 32.1. The number of pyridine rings is 1. The molecule has 3 heterocycles. The molecule has 1 fully saturated rings. The number of hydrogen-bond donors (Lipinski definition) is 2. The summed E-state index contributed by atoms with van der Waals surface area (Å²) in [6, 6.07) is 10.6. The lowest BCUT2D eigenvalue weighted by molar-refractivity contribution is -0.126. The summed E-state index contributed by atoms with van der Waals surface area (Å²) >= 11 is 0.947. The number of anilines is 1. The third-order valence-corrected chi connectivity index (χ3v) is 6.40. The van der Waals surface area contributed by atoms with Crippen molar-refractivity contribution in [2.45, 2.75) is 19.4 Å². The predicted molar refractivity (Wildman–Crippen MR) is 126 cm³/mol. The molecule has 1 saturated heterocycles. The summed E-state index contributed by atoms with van der Waals surface area (Å²) in [5.41, 5.74) is 1.52. The first-order valence-electron chi connectivity index (χ1n) is 10.8. The van der Waals surface area contributed by atoms with Gasteiger partial charge in [-0.3, -0.25) is 19.4 Å². The molecule has 0 aliphatic carbocycles. The zero-order chi connectivity index (χ0) is 23.9. The number of benzene rings is 1. The summed E-state index contributed by atoms with van der Waals surface area (Å²) in [5, 5.41) is 13.7. The first-order chi connectivity index (χ1) is 16.5. The van der Waals surface area contributed by atoms with Gasteiger partial charge in [0.05, 0.1) is 7.11 Å². The highest BCUT2D eigenvalue weighted by molar-refractivity contribution is 7.15. The molecule has 0 atom stereocenters. The summed E-state index contributed by atoms with van der Waals surface area (Å²) in [7, 11) is 1.56. The van der Waals surface area contributed by atoms with Crippen LogP contribution in [0.5, 0.6) is 5.75 Å². The maximum atomic E-state index is 12.8. The average Bonchev–Trinajstić information content (AvgIpc) is 3.39. The molecule has 3 aromatic rings. The van der Waals surface area contributed by atoms with Crippen molar-refractivity contribution in [3.63, 3.8) is 0 Å². The minimum absolute atomic E-state index is 0.0237. The molecule has 0 bridgehead atoms. The van der Waals surface area contributed by atoms with Crippen molar-refractivity contribution in [1.82, 2.24) is 25.4 Å². The number of hydrogen-bond acceptors (Lipinski definition) is 8. The summed E-state index contributed by atoms with van der Waals surface area (Å²) < 4.78 is 5.10. The van der Waals surface area contributed by atoms with E-state index in [0.29, 0.717) is 43.9 Å². The van der Waals surface area contributed by atoms with E-state index in [2.05, 4.69) is 25.8 Å². The molecule has 176 valence electrons. The standard InChI is InChI=1S/C23H24N6O4S/c1-33-18-6-4-17(5-7-18)26-20(31)21-27-28-22(34-21)23(32)29-11-8-16(9-12-29)19(30)25-14-15-3-2-10-24-13-15/h2-7,10,13,16H,8-9,11-12,14H2,1H3,(H,25,30)(H,26,31). The second-order valence-electron chi connectivity index (χ2n) is 7.74. The molecule has 11 heteroatoms. The van der Waals surface area contributed by atoms with Crippen LogP contribution in [0.3, 0.4) is 0 Å². The van der Waals surface area contributed by atoms with E-state index in [-0.39, 0.29) is 27.7 Å². The molecule has 1 aliphatic rings. The van der Waals surface area contributed by atoms with Gasteiger partial charge in [0.2, 0.25) is 15.9 Å². The molecule has 0 spiro atoms. The molecule has 3 amide bonds. The smallest absolute Gasteiger partial charge is 0.286 e. The van der Waals surface area contributed by atoms with E-state index in [9.17, 15) is 14.4 Å². The van der Waals surface area contributed by atoms with Gasteiger partial charge in [0.15, 0.2) is 0 Å². The van der Waals surface area contributed by atoms with Crippen molar-refractivity contribution in [2.24, 2.45) is 5.92 Å². The number of piperidine rings is 1. The Hall–Kier alpha value is -3.86. The molecule has 0 saturated carbocycles. The van der Waals surface area contributed by atoms with E-state index >= 15 is 0 Å². The van der Waals surface area contributed by atoms with Crippen molar-refractivity contribution in [1.29, 1.82) is 0 Å². The summed E-state index contributed by atoms with van der Waals surface area (Å²) in [4.78, 5) is 43.5. The first-order valence-corrected chi connectivity index (χ1v) is 11.6. The number of ether oxygens (including phenoxy) is 1. The van der Waals surface area contributed by atoms with Crippen LogP contribution < -0.4 is 15.4 Å². The van der Waals surface area contributed by atoms with Gasteiger partial charge in [-0.15, -0.1) is 10.2 Å². The quantitative estimate of drug-likeness (QED) is 0.532. The Morgan fingerprint density at radius 3 is 2.50 bits per heavy atom. The Labute approximate surface area is 200 Å². The van der Waals surface area contributed by atoms with Crippen molar-refractivity contribution < 1.29 is 19.1 Å². The third-order valence-electron chi connectivity index (χ3n) is 5.49. The molecule has 0 unspecified atom stereocenters. The number of nitrogens with zero attached hydrogens (tertiary/aromatic N) is 4. The number of carbonyl (C=O) groups excluding carboxylic acids is 3. The van der Waals surface area contributed by atoms with Crippen LogP contribution in [-0.4, -0.2) is 58.0 Å². The highest BCUT2D eigenvalue weighted by Gasteiger charge is 2.29. The van der Waals surface area contributed by atoms with Crippen LogP contribution >= 0.6 is 11.3 Å². The summed E-state index contributed by atoms with van der Waals surface area (Å²) in [6.07, 6.45) is 4.53. The van der Waals surface area contributed by atoms with Gasteiger partial charge in [0.25, 0.3) is 11.8 Å². The minimum Gasteiger partial charge on any atom is -0.497 e. The SMILES string of the molecule is COc1ccc(NC(=O)c2nnc(C(=O)N3CCC(C(=O)NCc4cccnc4)CC3)s2)cc1. The van der Waals surface area contributed by atoms with Crippen LogP contribution in [0.15, 0.2) is 48.8 Å². The molecule has 1 aliphatic heterocycles.